The Hall–Kier alpha value is -1.87. The number of nitrogens with one attached hydrogen (secondary N) is 1. The molecule has 1 amide bonds. The molecule has 1 aliphatic heterocycles. The van der Waals surface area contributed by atoms with Gasteiger partial charge < -0.3 is 5.32 Å². The molecule has 1 heterocycles. The van der Waals surface area contributed by atoms with E-state index in [4.69, 9.17) is 11.6 Å². The zero-order valence-corrected chi connectivity index (χ0v) is 12.3. The average Bonchev–Trinajstić information content (AvgIpc) is 2.75. The Morgan fingerprint density at radius 1 is 1.24 bits per heavy atom. The fourth-order valence-electron chi connectivity index (χ4n) is 3.11. The van der Waals surface area contributed by atoms with Crippen molar-refractivity contribution in [2.75, 3.05) is 0 Å². The first-order valence-corrected chi connectivity index (χ1v) is 7.18. The minimum absolute atomic E-state index is 0.0215. The van der Waals surface area contributed by atoms with Gasteiger partial charge in [0, 0.05) is 16.9 Å². The van der Waals surface area contributed by atoms with E-state index >= 15 is 0 Å². The van der Waals surface area contributed by atoms with Crippen LogP contribution < -0.4 is 5.32 Å². The smallest absolute Gasteiger partial charge is 0.221 e. The normalized spacial score (nSPS) is 24.9. The molecule has 0 spiro atoms. The molecule has 21 heavy (non-hydrogen) atoms. The highest BCUT2D eigenvalue weighted by Gasteiger charge is 2.46. The van der Waals surface area contributed by atoms with Crippen molar-refractivity contribution in [3.05, 3.63) is 70.5 Å². The van der Waals surface area contributed by atoms with Gasteiger partial charge in [-0.05, 0) is 23.3 Å². The van der Waals surface area contributed by atoms with Gasteiger partial charge in [0.25, 0.3) is 0 Å². The van der Waals surface area contributed by atoms with Crippen LogP contribution in [0.2, 0.25) is 5.02 Å². The van der Waals surface area contributed by atoms with E-state index in [1.165, 1.54) is 12.1 Å². The van der Waals surface area contributed by atoms with E-state index < -0.39 is 5.41 Å². The van der Waals surface area contributed by atoms with Crippen LogP contribution in [0.3, 0.4) is 0 Å². The summed E-state index contributed by atoms with van der Waals surface area (Å²) in [7, 11) is 0. The van der Waals surface area contributed by atoms with Gasteiger partial charge >= 0.3 is 0 Å². The lowest BCUT2D eigenvalue weighted by molar-refractivity contribution is -0.119. The van der Waals surface area contributed by atoms with Crippen molar-refractivity contribution in [1.29, 1.82) is 0 Å². The van der Waals surface area contributed by atoms with Gasteiger partial charge in [0.2, 0.25) is 5.91 Å². The second-order valence-electron chi connectivity index (χ2n) is 5.63. The van der Waals surface area contributed by atoms with Crippen molar-refractivity contribution in [3.63, 3.8) is 0 Å². The molecule has 108 valence electrons. The molecule has 0 saturated carbocycles. The second-order valence-corrected chi connectivity index (χ2v) is 6.04. The van der Waals surface area contributed by atoms with E-state index in [1.807, 2.05) is 37.3 Å². The first-order chi connectivity index (χ1) is 10.0. The van der Waals surface area contributed by atoms with Crippen molar-refractivity contribution in [2.45, 2.75) is 24.8 Å². The van der Waals surface area contributed by atoms with E-state index in [0.717, 1.165) is 11.1 Å². The van der Waals surface area contributed by atoms with Crippen LogP contribution in [0.25, 0.3) is 0 Å². The molecule has 3 rings (SSSR count). The summed E-state index contributed by atoms with van der Waals surface area (Å²) in [5.74, 6) is -0.396. The summed E-state index contributed by atoms with van der Waals surface area (Å²) in [5.41, 5.74) is 1.31. The Labute approximate surface area is 127 Å². The van der Waals surface area contributed by atoms with Crippen LogP contribution in [0.5, 0.6) is 0 Å². The van der Waals surface area contributed by atoms with Crippen LogP contribution in [0.1, 0.15) is 30.5 Å². The molecule has 0 bridgehead atoms. The number of hydrogen-bond donors (Lipinski definition) is 1. The predicted octanol–water partition coefficient (Wildman–Crippen LogP) is 4.00. The molecule has 1 fully saturated rings. The topological polar surface area (TPSA) is 29.1 Å². The Morgan fingerprint density at radius 2 is 1.95 bits per heavy atom. The molecule has 0 radical (unpaired) electrons. The number of rotatable bonds is 2. The summed E-state index contributed by atoms with van der Waals surface area (Å²) >= 11 is 6.22. The Bertz CT molecular complexity index is 688. The molecule has 1 N–H and O–H groups in total. The molecule has 2 aromatic rings. The molecule has 1 saturated heterocycles. The van der Waals surface area contributed by atoms with Crippen molar-refractivity contribution < 1.29 is 9.18 Å². The van der Waals surface area contributed by atoms with Crippen LogP contribution in [0.4, 0.5) is 4.39 Å². The maximum Gasteiger partial charge on any atom is 0.221 e. The summed E-state index contributed by atoms with van der Waals surface area (Å²) in [5, 5.41) is 3.37. The molecule has 4 heteroatoms. The summed E-state index contributed by atoms with van der Waals surface area (Å²) in [4.78, 5) is 12.0. The lowest BCUT2D eigenvalue weighted by Gasteiger charge is -2.32. The van der Waals surface area contributed by atoms with E-state index in [1.54, 1.807) is 6.07 Å². The number of halogens is 2. The Kier molecular flexibility index (Phi) is 3.46. The largest absolute Gasteiger partial charge is 0.348 e. The van der Waals surface area contributed by atoms with Gasteiger partial charge in [-0.1, -0.05) is 54.9 Å². The summed E-state index contributed by atoms with van der Waals surface area (Å²) in [6.07, 6.45) is 0.331. The molecule has 2 unspecified atom stereocenters. The first kappa shape index (κ1) is 14.1. The SMILES string of the molecule is CC1(c2ccc(F)cc2Cl)CC(=O)NC1c1ccccc1. The van der Waals surface area contributed by atoms with Crippen molar-refractivity contribution in [3.8, 4) is 0 Å². The Balaban J connectivity index is 2.10. The molecule has 0 aromatic heterocycles. The molecule has 2 aromatic carbocycles. The van der Waals surface area contributed by atoms with Crippen LogP contribution in [-0.4, -0.2) is 5.91 Å². The van der Waals surface area contributed by atoms with Crippen LogP contribution >= 0.6 is 11.6 Å². The van der Waals surface area contributed by atoms with Crippen LogP contribution in [0.15, 0.2) is 48.5 Å². The number of hydrogen-bond acceptors (Lipinski definition) is 1. The van der Waals surface area contributed by atoms with Gasteiger partial charge in [0.15, 0.2) is 0 Å². The van der Waals surface area contributed by atoms with E-state index in [0.29, 0.717) is 11.4 Å². The van der Waals surface area contributed by atoms with Gasteiger partial charge in [-0.15, -0.1) is 0 Å². The molecular formula is C17H15ClFNO. The molecule has 2 nitrogen and oxygen atoms in total. The van der Waals surface area contributed by atoms with E-state index in [9.17, 15) is 9.18 Å². The van der Waals surface area contributed by atoms with Gasteiger partial charge in [0.1, 0.15) is 5.82 Å². The maximum absolute atomic E-state index is 13.3. The van der Waals surface area contributed by atoms with Gasteiger partial charge in [0.05, 0.1) is 6.04 Å². The minimum atomic E-state index is -0.497. The van der Waals surface area contributed by atoms with Crippen molar-refractivity contribution in [1.82, 2.24) is 5.32 Å². The van der Waals surface area contributed by atoms with Crippen LogP contribution in [-0.2, 0) is 10.2 Å². The number of amides is 1. The quantitative estimate of drug-likeness (QED) is 0.892. The van der Waals surface area contributed by atoms with Gasteiger partial charge in [-0.25, -0.2) is 4.39 Å². The van der Waals surface area contributed by atoms with Crippen molar-refractivity contribution in [2.24, 2.45) is 0 Å². The third-order valence-electron chi connectivity index (χ3n) is 4.15. The monoisotopic (exact) mass is 303 g/mol. The number of carbonyl (C=O) groups excluding carboxylic acids is 1. The molecular weight excluding hydrogens is 289 g/mol. The first-order valence-electron chi connectivity index (χ1n) is 6.80. The fraction of sp³-hybridized carbons (Fsp3) is 0.235. The fourth-order valence-corrected chi connectivity index (χ4v) is 3.49. The zero-order valence-electron chi connectivity index (χ0n) is 11.6. The van der Waals surface area contributed by atoms with E-state index in [-0.39, 0.29) is 17.8 Å². The summed E-state index contributed by atoms with van der Waals surface area (Å²) < 4.78 is 13.3. The predicted molar refractivity (Wildman–Crippen MR) is 80.7 cm³/mol. The molecule has 0 aliphatic carbocycles. The lowest BCUT2D eigenvalue weighted by atomic mass is 9.73. The van der Waals surface area contributed by atoms with Gasteiger partial charge in [-0.3, -0.25) is 4.79 Å². The third kappa shape index (κ3) is 2.42. The summed E-state index contributed by atoms with van der Waals surface area (Å²) in [6, 6.07) is 14.0. The average molecular weight is 304 g/mol. The lowest BCUT2D eigenvalue weighted by Crippen LogP contribution is -2.30. The minimum Gasteiger partial charge on any atom is -0.348 e. The number of benzene rings is 2. The third-order valence-corrected chi connectivity index (χ3v) is 4.46. The highest BCUT2D eigenvalue weighted by atomic mass is 35.5. The van der Waals surface area contributed by atoms with Gasteiger partial charge in [-0.2, -0.15) is 0 Å². The maximum atomic E-state index is 13.3. The number of carbonyl (C=O) groups is 1. The zero-order chi connectivity index (χ0) is 15.0. The molecule has 2 atom stereocenters. The summed E-state index contributed by atoms with van der Waals surface area (Å²) in [6.45, 7) is 1.99. The highest BCUT2D eigenvalue weighted by molar-refractivity contribution is 6.31. The van der Waals surface area contributed by atoms with Crippen LogP contribution in [0, 0.1) is 5.82 Å². The highest BCUT2D eigenvalue weighted by Crippen LogP contribution is 2.46. The molecule has 1 aliphatic rings. The van der Waals surface area contributed by atoms with Crippen molar-refractivity contribution >= 4 is 17.5 Å². The Morgan fingerprint density at radius 3 is 2.62 bits per heavy atom. The second kappa shape index (κ2) is 5.15. The van der Waals surface area contributed by atoms with E-state index in [2.05, 4.69) is 5.32 Å². The standard InChI is InChI=1S/C17H15ClFNO/c1-17(13-8-7-12(19)9-14(13)18)10-15(21)20-16(17)11-5-3-2-4-6-11/h2-9,16H,10H2,1H3,(H,20,21).